The minimum absolute atomic E-state index is 0.185. The Balaban J connectivity index is 1.64. The number of aromatic nitrogens is 2. The molecule has 0 radical (unpaired) electrons. The van der Waals surface area contributed by atoms with Gasteiger partial charge in [0.05, 0.1) is 30.9 Å². The Labute approximate surface area is 160 Å². The predicted octanol–water partition coefficient (Wildman–Crippen LogP) is 4.39. The molecule has 0 atom stereocenters. The van der Waals surface area contributed by atoms with Crippen molar-refractivity contribution in [3.8, 4) is 11.5 Å². The van der Waals surface area contributed by atoms with E-state index in [2.05, 4.69) is 40.3 Å². The maximum Gasteiger partial charge on any atom is 0.258 e. The third kappa shape index (κ3) is 3.48. The largest absolute Gasteiger partial charge is 0.493 e. The summed E-state index contributed by atoms with van der Waals surface area (Å²) in [6.07, 6.45) is 0. The molecule has 0 fully saturated rings. The van der Waals surface area contributed by atoms with Gasteiger partial charge in [-0.2, -0.15) is 0 Å². The average molecular weight is 378 g/mol. The van der Waals surface area contributed by atoms with Crippen LogP contribution in [-0.2, 0) is 5.75 Å². The number of thioether (sulfide) groups is 1. The zero-order valence-corrected chi connectivity index (χ0v) is 15.8. The van der Waals surface area contributed by atoms with E-state index in [9.17, 15) is 4.79 Å². The van der Waals surface area contributed by atoms with Crippen molar-refractivity contribution >= 4 is 33.4 Å². The molecule has 0 saturated heterocycles. The topological polar surface area (TPSA) is 64.2 Å². The van der Waals surface area contributed by atoms with Gasteiger partial charge in [-0.25, -0.2) is 4.98 Å². The fourth-order valence-corrected chi connectivity index (χ4v) is 3.81. The van der Waals surface area contributed by atoms with Gasteiger partial charge in [0.15, 0.2) is 11.5 Å². The van der Waals surface area contributed by atoms with Gasteiger partial charge in [-0.1, -0.05) is 30.3 Å². The number of fused-ring (bicyclic) bond motifs is 2. The normalized spacial score (nSPS) is 11.0. The van der Waals surface area contributed by atoms with Gasteiger partial charge in [0.1, 0.15) is 5.82 Å². The summed E-state index contributed by atoms with van der Waals surface area (Å²) in [6, 6.07) is 18.0. The van der Waals surface area contributed by atoms with E-state index < -0.39 is 0 Å². The molecule has 136 valence electrons. The first-order valence-electron chi connectivity index (χ1n) is 8.44. The highest BCUT2D eigenvalue weighted by Gasteiger charge is 2.11. The molecule has 0 unspecified atom stereocenters. The van der Waals surface area contributed by atoms with Crippen LogP contribution in [-0.4, -0.2) is 24.2 Å². The van der Waals surface area contributed by atoms with Crippen LogP contribution >= 0.6 is 11.8 Å². The third-order valence-electron chi connectivity index (χ3n) is 4.36. The maximum atomic E-state index is 12.5. The molecule has 0 aliphatic rings. The summed E-state index contributed by atoms with van der Waals surface area (Å²) in [5.74, 6) is 2.25. The Bertz CT molecular complexity index is 1190. The zero-order valence-electron chi connectivity index (χ0n) is 15.0. The highest BCUT2D eigenvalue weighted by molar-refractivity contribution is 7.98. The molecule has 4 aromatic rings. The fraction of sp³-hybridized carbons (Fsp3) is 0.143. The van der Waals surface area contributed by atoms with E-state index in [-0.39, 0.29) is 5.56 Å². The number of rotatable bonds is 5. The summed E-state index contributed by atoms with van der Waals surface area (Å²) in [5.41, 5.74) is 0.403. The number of benzene rings is 3. The van der Waals surface area contributed by atoms with Crippen molar-refractivity contribution in [2.24, 2.45) is 0 Å². The molecule has 0 amide bonds. The number of ether oxygens (including phenoxy) is 2. The highest BCUT2D eigenvalue weighted by atomic mass is 32.2. The molecule has 1 heterocycles. The molecule has 1 N–H and O–H groups in total. The SMILES string of the molecule is COc1cc2nc(CSc3ccc4ccccc4c3)[nH]c(=O)c2cc1OC. The van der Waals surface area contributed by atoms with E-state index in [1.54, 1.807) is 38.1 Å². The average Bonchev–Trinajstić information content (AvgIpc) is 2.71. The lowest BCUT2D eigenvalue weighted by molar-refractivity contribution is 0.355. The molecule has 0 spiro atoms. The van der Waals surface area contributed by atoms with E-state index in [1.807, 2.05) is 12.1 Å². The minimum Gasteiger partial charge on any atom is -0.493 e. The summed E-state index contributed by atoms with van der Waals surface area (Å²) in [4.78, 5) is 21.0. The van der Waals surface area contributed by atoms with Crippen molar-refractivity contribution in [1.82, 2.24) is 9.97 Å². The number of aromatic amines is 1. The Morgan fingerprint density at radius 3 is 2.48 bits per heavy atom. The van der Waals surface area contributed by atoms with E-state index in [0.29, 0.717) is 34.0 Å². The molecule has 1 aromatic heterocycles. The van der Waals surface area contributed by atoms with E-state index in [0.717, 1.165) is 4.90 Å². The Morgan fingerprint density at radius 1 is 0.963 bits per heavy atom. The Kier molecular flexibility index (Phi) is 4.73. The standard InChI is InChI=1S/C21H18N2O3S/c1-25-18-10-16-17(11-19(18)26-2)22-20(23-21(16)24)12-27-15-8-7-13-5-3-4-6-14(13)9-15/h3-11H,12H2,1-2H3,(H,22,23,24). The third-order valence-corrected chi connectivity index (χ3v) is 5.36. The first-order chi connectivity index (χ1) is 13.2. The van der Waals surface area contributed by atoms with Crippen molar-refractivity contribution < 1.29 is 9.47 Å². The van der Waals surface area contributed by atoms with Crippen LogP contribution in [0.4, 0.5) is 0 Å². The van der Waals surface area contributed by atoms with Gasteiger partial charge in [-0.05, 0) is 29.0 Å². The molecule has 27 heavy (non-hydrogen) atoms. The van der Waals surface area contributed by atoms with Crippen LogP contribution in [0.2, 0.25) is 0 Å². The lowest BCUT2D eigenvalue weighted by Gasteiger charge is -2.09. The predicted molar refractivity (Wildman–Crippen MR) is 109 cm³/mol. The van der Waals surface area contributed by atoms with Crippen molar-refractivity contribution in [1.29, 1.82) is 0 Å². The van der Waals surface area contributed by atoms with Gasteiger partial charge >= 0.3 is 0 Å². The molecule has 6 heteroatoms. The van der Waals surface area contributed by atoms with Gasteiger partial charge in [-0.15, -0.1) is 11.8 Å². The van der Waals surface area contributed by atoms with Gasteiger partial charge in [-0.3, -0.25) is 4.79 Å². The Morgan fingerprint density at radius 2 is 1.70 bits per heavy atom. The van der Waals surface area contributed by atoms with E-state index in [1.165, 1.54) is 10.8 Å². The molecule has 0 saturated carbocycles. The molecule has 3 aromatic carbocycles. The van der Waals surface area contributed by atoms with Crippen LogP contribution in [0, 0.1) is 0 Å². The van der Waals surface area contributed by atoms with Crippen LogP contribution in [0.15, 0.2) is 64.3 Å². The number of hydrogen-bond donors (Lipinski definition) is 1. The smallest absolute Gasteiger partial charge is 0.258 e. The van der Waals surface area contributed by atoms with Crippen molar-refractivity contribution in [3.63, 3.8) is 0 Å². The lowest BCUT2D eigenvalue weighted by atomic mass is 10.1. The fourth-order valence-electron chi connectivity index (χ4n) is 2.99. The second-order valence-corrected chi connectivity index (χ2v) is 7.08. The number of hydrogen-bond acceptors (Lipinski definition) is 5. The van der Waals surface area contributed by atoms with Crippen molar-refractivity contribution in [2.45, 2.75) is 10.6 Å². The van der Waals surface area contributed by atoms with Crippen molar-refractivity contribution in [2.75, 3.05) is 14.2 Å². The number of nitrogens with one attached hydrogen (secondary N) is 1. The summed E-state index contributed by atoms with van der Waals surface area (Å²) in [6.45, 7) is 0. The molecule has 0 aliphatic heterocycles. The van der Waals surface area contributed by atoms with E-state index in [4.69, 9.17) is 9.47 Å². The minimum atomic E-state index is -0.185. The number of H-pyrrole nitrogens is 1. The van der Waals surface area contributed by atoms with Crippen LogP contribution in [0.3, 0.4) is 0 Å². The van der Waals surface area contributed by atoms with Crippen molar-refractivity contribution in [3.05, 3.63) is 70.8 Å². The molecule has 4 rings (SSSR count). The van der Waals surface area contributed by atoms with Gasteiger partial charge < -0.3 is 14.5 Å². The molecule has 0 bridgehead atoms. The van der Waals surface area contributed by atoms with Crippen LogP contribution < -0.4 is 15.0 Å². The molecular formula is C21H18N2O3S. The van der Waals surface area contributed by atoms with Gasteiger partial charge in [0, 0.05) is 11.0 Å². The summed E-state index contributed by atoms with van der Waals surface area (Å²) in [5, 5.41) is 2.88. The summed E-state index contributed by atoms with van der Waals surface area (Å²) >= 11 is 1.63. The maximum absolute atomic E-state index is 12.5. The number of methoxy groups -OCH3 is 2. The number of nitrogens with zero attached hydrogens (tertiary/aromatic N) is 1. The molecular weight excluding hydrogens is 360 g/mol. The Hall–Kier alpha value is -2.99. The van der Waals surface area contributed by atoms with Crippen LogP contribution in [0.25, 0.3) is 21.7 Å². The second kappa shape index (κ2) is 7.32. The summed E-state index contributed by atoms with van der Waals surface area (Å²) in [7, 11) is 3.10. The quantitative estimate of drug-likeness (QED) is 0.522. The lowest BCUT2D eigenvalue weighted by Crippen LogP contribution is -2.11. The summed E-state index contributed by atoms with van der Waals surface area (Å²) < 4.78 is 10.6. The first-order valence-corrected chi connectivity index (χ1v) is 9.43. The second-order valence-electron chi connectivity index (χ2n) is 6.03. The molecule has 0 aliphatic carbocycles. The monoisotopic (exact) mass is 378 g/mol. The van der Waals surface area contributed by atoms with Crippen LogP contribution in [0.5, 0.6) is 11.5 Å². The van der Waals surface area contributed by atoms with Crippen LogP contribution in [0.1, 0.15) is 5.82 Å². The highest BCUT2D eigenvalue weighted by Crippen LogP contribution is 2.30. The van der Waals surface area contributed by atoms with Gasteiger partial charge in [0.25, 0.3) is 5.56 Å². The molecule has 5 nitrogen and oxygen atoms in total. The first kappa shape index (κ1) is 17.4. The zero-order chi connectivity index (χ0) is 18.8. The van der Waals surface area contributed by atoms with Gasteiger partial charge in [0.2, 0.25) is 0 Å². The van der Waals surface area contributed by atoms with E-state index >= 15 is 0 Å².